The van der Waals surface area contributed by atoms with E-state index in [4.69, 9.17) is 9.15 Å². The molecule has 3 amide bonds. The van der Waals surface area contributed by atoms with E-state index in [-0.39, 0.29) is 17.7 Å². The molecule has 1 aromatic heterocycles. The highest BCUT2D eigenvalue weighted by molar-refractivity contribution is 6.39. The number of hydrogen-bond donors (Lipinski definition) is 2. The van der Waals surface area contributed by atoms with E-state index in [9.17, 15) is 19.2 Å². The average molecular weight is 528 g/mol. The second-order valence-electron chi connectivity index (χ2n) is 9.23. The molecule has 4 rings (SSSR count). The second-order valence-corrected chi connectivity index (χ2v) is 9.23. The van der Waals surface area contributed by atoms with Gasteiger partial charge in [0.05, 0.1) is 24.8 Å². The number of esters is 1. The smallest absolute Gasteiger partial charge is 0.340 e. The molecule has 0 fully saturated rings. The lowest BCUT2D eigenvalue weighted by molar-refractivity contribution is -0.136. The van der Waals surface area contributed by atoms with Gasteiger partial charge in [0.15, 0.2) is 0 Å². The van der Waals surface area contributed by atoms with Gasteiger partial charge in [-0.2, -0.15) is 0 Å². The largest absolute Gasteiger partial charge is 0.465 e. The van der Waals surface area contributed by atoms with Crippen LogP contribution in [0.15, 0.2) is 75.9 Å². The molecule has 200 valence electrons. The molecule has 9 heteroatoms. The second kappa shape index (κ2) is 11.2. The van der Waals surface area contributed by atoms with E-state index in [2.05, 4.69) is 10.6 Å². The van der Waals surface area contributed by atoms with Gasteiger partial charge in [-0.1, -0.05) is 23.8 Å². The third-order valence-electron chi connectivity index (χ3n) is 6.45. The number of nitrogens with zero attached hydrogens (tertiary/aromatic N) is 1. The summed E-state index contributed by atoms with van der Waals surface area (Å²) in [5, 5.41) is 5.03. The van der Waals surface area contributed by atoms with Crippen molar-refractivity contribution in [2.24, 2.45) is 0 Å². The maximum absolute atomic E-state index is 13.5. The quantitative estimate of drug-likeness (QED) is 0.280. The molecule has 0 atom stereocenters. The number of carbonyl (C=O) groups is 4. The summed E-state index contributed by atoms with van der Waals surface area (Å²) in [6, 6.07) is 15.9. The molecule has 2 aromatic carbocycles. The number of rotatable bonds is 6. The Balaban J connectivity index is 1.50. The van der Waals surface area contributed by atoms with Crippen molar-refractivity contribution in [3.63, 3.8) is 0 Å². The van der Waals surface area contributed by atoms with E-state index in [1.165, 1.54) is 18.1 Å². The Hall–Kier alpha value is -4.92. The van der Waals surface area contributed by atoms with Gasteiger partial charge in [0, 0.05) is 17.1 Å². The Kier molecular flexibility index (Phi) is 7.80. The number of amides is 3. The van der Waals surface area contributed by atoms with Gasteiger partial charge in [-0.05, 0) is 81.3 Å². The molecule has 3 aromatic rings. The van der Waals surface area contributed by atoms with Crippen LogP contribution in [0.25, 0.3) is 6.08 Å². The highest BCUT2D eigenvalue weighted by Gasteiger charge is 2.38. The van der Waals surface area contributed by atoms with Gasteiger partial charge < -0.3 is 19.8 Å². The number of carbonyl (C=O) groups excluding carboxylic acids is 4. The fourth-order valence-corrected chi connectivity index (χ4v) is 4.14. The number of ether oxygens (including phenoxy) is 1. The first kappa shape index (κ1) is 27.1. The summed E-state index contributed by atoms with van der Waals surface area (Å²) in [6.45, 7) is 7.48. The predicted octanol–water partition coefficient (Wildman–Crippen LogP) is 4.34. The van der Waals surface area contributed by atoms with Gasteiger partial charge in [0.1, 0.15) is 11.5 Å². The first-order chi connectivity index (χ1) is 18.6. The highest BCUT2D eigenvalue weighted by Crippen LogP contribution is 2.36. The summed E-state index contributed by atoms with van der Waals surface area (Å²) in [5.74, 6) is -2.02. The summed E-state index contributed by atoms with van der Waals surface area (Å²) in [7, 11) is 1.26. The number of methoxy groups -OCH3 is 1. The molecule has 1 aliphatic heterocycles. The van der Waals surface area contributed by atoms with Crippen molar-refractivity contribution < 1.29 is 28.3 Å². The number of allylic oxidation sites excluding steroid dienone is 1. The third kappa shape index (κ3) is 5.82. The van der Waals surface area contributed by atoms with E-state index in [1.807, 2.05) is 51.1 Å². The molecule has 2 N–H and O–H groups in total. The van der Waals surface area contributed by atoms with Crippen molar-refractivity contribution in [1.82, 2.24) is 5.32 Å². The molecular formula is C30H29N3O6. The summed E-state index contributed by atoms with van der Waals surface area (Å²) < 4.78 is 10.7. The lowest BCUT2D eigenvalue weighted by atomic mass is 10.1. The summed E-state index contributed by atoms with van der Waals surface area (Å²) in [5.41, 5.74) is 4.97. The number of nitrogens with one attached hydrogen (secondary N) is 2. The maximum Gasteiger partial charge on any atom is 0.340 e. The van der Waals surface area contributed by atoms with Crippen LogP contribution in [0, 0.1) is 20.8 Å². The van der Waals surface area contributed by atoms with Gasteiger partial charge in [-0.3, -0.25) is 19.3 Å². The number of benzene rings is 2. The third-order valence-corrected chi connectivity index (χ3v) is 6.45. The van der Waals surface area contributed by atoms with Crippen LogP contribution in [-0.4, -0.2) is 30.8 Å². The number of aryl methyl sites for hydroxylation is 3. The van der Waals surface area contributed by atoms with Gasteiger partial charge in [-0.25, -0.2) is 4.79 Å². The first-order valence-electron chi connectivity index (χ1n) is 12.3. The van der Waals surface area contributed by atoms with Gasteiger partial charge >= 0.3 is 17.8 Å². The summed E-state index contributed by atoms with van der Waals surface area (Å²) in [6.07, 6.45) is 1.47. The number of furan rings is 1. The van der Waals surface area contributed by atoms with Crippen LogP contribution < -0.4 is 15.5 Å². The van der Waals surface area contributed by atoms with E-state index in [0.29, 0.717) is 28.6 Å². The standard InChI is InChI=1S/C30H29N3O6/c1-17-6-9-21(10-7-17)32-28(35)27(34)31-16-24-13-12-23(39-24)15-25-26(30(37)38-5)20(4)33(29(25)36)22-11-8-18(2)19(3)14-22/h6-15H,16H2,1-5H3,(H,31,34)(H,32,35)/b25-15+. The van der Waals surface area contributed by atoms with Crippen LogP contribution in [0.1, 0.15) is 35.1 Å². The zero-order valence-corrected chi connectivity index (χ0v) is 22.4. The molecule has 0 saturated carbocycles. The molecule has 0 unspecified atom stereocenters. The van der Waals surface area contributed by atoms with Crippen LogP contribution >= 0.6 is 0 Å². The Bertz CT molecular complexity index is 1530. The molecule has 0 bridgehead atoms. The van der Waals surface area contributed by atoms with Gasteiger partial charge in [0.2, 0.25) is 0 Å². The zero-order chi connectivity index (χ0) is 28.3. The molecule has 0 radical (unpaired) electrons. The SMILES string of the molecule is COC(=O)C1=C(C)N(c2ccc(C)c(C)c2)C(=O)/C1=C/c1ccc(CNC(=O)C(=O)Nc2ccc(C)cc2)o1. The lowest BCUT2D eigenvalue weighted by Gasteiger charge is -2.19. The van der Waals surface area contributed by atoms with Crippen molar-refractivity contribution in [3.8, 4) is 0 Å². The van der Waals surface area contributed by atoms with Crippen molar-refractivity contribution in [2.75, 3.05) is 17.3 Å². The number of hydrogen-bond acceptors (Lipinski definition) is 6. The Morgan fingerprint density at radius 1 is 0.923 bits per heavy atom. The fourth-order valence-electron chi connectivity index (χ4n) is 4.14. The minimum Gasteiger partial charge on any atom is -0.465 e. The molecule has 39 heavy (non-hydrogen) atoms. The zero-order valence-electron chi connectivity index (χ0n) is 22.4. The van der Waals surface area contributed by atoms with E-state index in [0.717, 1.165) is 16.7 Å². The summed E-state index contributed by atoms with van der Waals surface area (Å²) >= 11 is 0. The minimum absolute atomic E-state index is 0.0508. The molecule has 2 heterocycles. The van der Waals surface area contributed by atoms with Crippen LogP contribution in [0.4, 0.5) is 11.4 Å². The lowest BCUT2D eigenvalue weighted by Crippen LogP contribution is -2.34. The van der Waals surface area contributed by atoms with Gasteiger partial charge in [-0.15, -0.1) is 0 Å². The van der Waals surface area contributed by atoms with Crippen molar-refractivity contribution in [1.29, 1.82) is 0 Å². The Labute approximate surface area is 226 Å². The fraction of sp³-hybridized carbons (Fsp3) is 0.200. The predicted molar refractivity (Wildman–Crippen MR) is 146 cm³/mol. The van der Waals surface area contributed by atoms with Crippen molar-refractivity contribution in [3.05, 3.63) is 99.7 Å². The highest BCUT2D eigenvalue weighted by atomic mass is 16.5. The monoisotopic (exact) mass is 527 g/mol. The maximum atomic E-state index is 13.5. The molecule has 0 spiro atoms. The molecule has 1 aliphatic rings. The van der Waals surface area contributed by atoms with E-state index < -0.39 is 23.7 Å². The van der Waals surface area contributed by atoms with E-state index >= 15 is 0 Å². The van der Waals surface area contributed by atoms with Crippen LogP contribution in [-0.2, 0) is 30.5 Å². The molecule has 0 saturated heterocycles. The minimum atomic E-state index is -0.826. The first-order valence-corrected chi connectivity index (χ1v) is 12.3. The van der Waals surface area contributed by atoms with Crippen LogP contribution in [0.5, 0.6) is 0 Å². The molecule has 9 nitrogen and oxygen atoms in total. The number of anilines is 2. The Morgan fingerprint density at radius 3 is 2.31 bits per heavy atom. The summed E-state index contributed by atoms with van der Waals surface area (Å²) in [4.78, 5) is 52.0. The van der Waals surface area contributed by atoms with E-state index in [1.54, 1.807) is 31.2 Å². The normalized spacial score (nSPS) is 14.1. The average Bonchev–Trinajstić information content (AvgIpc) is 3.46. The van der Waals surface area contributed by atoms with Crippen LogP contribution in [0.3, 0.4) is 0 Å². The topological polar surface area (TPSA) is 118 Å². The van der Waals surface area contributed by atoms with Crippen molar-refractivity contribution >= 4 is 41.1 Å². The molecule has 0 aliphatic carbocycles. The van der Waals surface area contributed by atoms with Crippen molar-refractivity contribution in [2.45, 2.75) is 34.2 Å². The Morgan fingerprint density at radius 2 is 1.64 bits per heavy atom. The van der Waals surface area contributed by atoms with Crippen LogP contribution in [0.2, 0.25) is 0 Å². The molecular weight excluding hydrogens is 498 g/mol. The van der Waals surface area contributed by atoms with Gasteiger partial charge in [0.25, 0.3) is 5.91 Å².